The molecule has 0 amide bonds. The smallest absolute Gasteiger partial charge is 0.138 e. The number of nitrogens with zero attached hydrogens (tertiary/aromatic N) is 3. The monoisotopic (exact) mass is 262 g/mol. The Kier molecular flexibility index (Phi) is 3.97. The number of hydrogen-bond donors (Lipinski definition) is 1. The summed E-state index contributed by atoms with van der Waals surface area (Å²) >= 11 is 0. The summed E-state index contributed by atoms with van der Waals surface area (Å²) in [5.41, 5.74) is -0.0272. The summed E-state index contributed by atoms with van der Waals surface area (Å²) < 4.78 is 0. The second kappa shape index (κ2) is 5.35. The van der Waals surface area contributed by atoms with Gasteiger partial charge in [-0.05, 0) is 25.7 Å². The Balaban J connectivity index is 2.27. The Morgan fingerprint density at radius 1 is 1.32 bits per heavy atom. The average molecular weight is 262 g/mol. The normalized spacial score (nSPS) is 15.4. The number of hydrogen-bond acceptors (Lipinski definition) is 4. The van der Waals surface area contributed by atoms with Gasteiger partial charge in [0, 0.05) is 31.6 Å². The van der Waals surface area contributed by atoms with Crippen molar-refractivity contribution in [3.05, 3.63) is 11.9 Å². The van der Waals surface area contributed by atoms with Crippen molar-refractivity contribution in [1.82, 2.24) is 9.97 Å². The van der Waals surface area contributed by atoms with Crippen LogP contribution >= 0.6 is 0 Å². The fraction of sp³-hybridized carbons (Fsp3) is 0.733. The number of nitrogens with one attached hydrogen (secondary N) is 1. The third kappa shape index (κ3) is 3.82. The highest BCUT2D eigenvalue weighted by atomic mass is 15.2. The third-order valence-corrected chi connectivity index (χ3v) is 3.36. The van der Waals surface area contributed by atoms with Crippen molar-refractivity contribution in [2.24, 2.45) is 5.92 Å². The minimum absolute atomic E-state index is 0.0272. The van der Waals surface area contributed by atoms with E-state index >= 15 is 0 Å². The molecule has 4 nitrogen and oxygen atoms in total. The van der Waals surface area contributed by atoms with Crippen molar-refractivity contribution in [2.45, 2.75) is 46.0 Å². The summed E-state index contributed by atoms with van der Waals surface area (Å²) in [6, 6.07) is 2.06. The maximum Gasteiger partial charge on any atom is 0.138 e. The van der Waals surface area contributed by atoms with Crippen LogP contribution in [0.15, 0.2) is 6.07 Å². The molecule has 1 aliphatic carbocycles. The second-order valence-electron chi connectivity index (χ2n) is 6.54. The van der Waals surface area contributed by atoms with E-state index in [1.54, 1.807) is 0 Å². The van der Waals surface area contributed by atoms with Gasteiger partial charge >= 0.3 is 0 Å². The van der Waals surface area contributed by atoms with Gasteiger partial charge in [-0.15, -0.1) is 0 Å². The average Bonchev–Trinajstić information content (AvgIpc) is 3.12. The molecule has 19 heavy (non-hydrogen) atoms. The zero-order valence-corrected chi connectivity index (χ0v) is 12.8. The largest absolute Gasteiger partial charge is 0.370 e. The van der Waals surface area contributed by atoms with Gasteiger partial charge in [0.05, 0.1) is 0 Å². The predicted molar refractivity (Wildman–Crippen MR) is 80.9 cm³/mol. The Morgan fingerprint density at radius 3 is 2.53 bits per heavy atom. The Bertz CT molecular complexity index is 432. The molecule has 1 heterocycles. The van der Waals surface area contributed by atoms with E-state index in [-0.39, 0.29) is 5.41 Å². The van der Waals surface area contributed by atoms with Crippen molar-refractivity contribution < 1.29 is 0 Å². The summed E-state index contributed by atoms with van der Waals surface area (Å²) in [6.45, 7) is 10.5. The van der Waals surface area contributed by atoms with E-state index in [1.807, 2.05) is 0 Å². The number of anilines is 2. The van der Waals surface area contributed by atoms with Gasteiger partial charge < -0.3 is 10.2 Å². The quantitative estimate of drug-likeness (QED) is 0.885. The molecule has 1 N–H and O–H groups in total. The van der Waals surface area contributed by atoms with Crippen molar-refractivity contribution in [3.8, 4) is 0 Å². The molecule has 106 valence electrons. The van der Waals surface area contributed by atoms with E-state index in [0.717, 1.165) is 36.5 Å². The van der Waals surface area contributed by atoms with Crippen molar-refractivity contribution >= 4 is 11.6 Å². The lowest BCUT2D eigenvalue weighted by Gasteiger charge is -2.23. The van der Waals surface area contributed by atoms with Gasteiger partial charge in [-0.2, -0.15) is 0 Å². The predicted octanol–water partition coefficient (Wildman–Crippen LogP) is 3.05. The Morgan fingerprint density at radius 2 is 2.00 bits per heavy atom. The maximum atomic E-state index is 4.74. The van der Waals surface area contributed by atoms with Crippen LogP contribution in [0.2, 0.25) is 0 Å². The molecule has 0 bridgehead atoms. The van der Waals surface area contributed by atoms with E-state index in [4.69, 9.17) is 4.98 Å². The van der Waals surface area contributed by atoms with Gasteiger partial charge in [0.1, 0.15) is 17.5 Å². The molecule has 0 atom stereocenters. The van der Waals surface area contributed by atoms with E-state index in [9.17, 15) is 0 Å². The molecular weight excluding hydrogens is 236 g/mol. The van der Waals surface area contributed by atoms with Crippen LogP contribution in [0.25, 0.3) is 0 Å². The highest BCUT2D eigenvalue weighted by Gasteiger charge is 2.25. The fourth-order valence-electron chi connectivity index (χ4n) is 2.02. The van der Waals surface area contributed by atoms with Gasteiger partial charge in [0.2, 0.25) is 0 Å². The first-order valence-electron chi connectivity index (χ1n) is 7.24. The van der Waals surface area contributed by atoms with Gasteiger partial charge in [-0.1, -0.05) is 20.8 Å². The van der Waals surface area contributed by atoms with Crippen LogP contribution < -0.4 is 10.2 Å². The van der Waals surface area contributed by atoms with Crippen LogP contribution in [0.3, 0.4) is 0 Å². The molecule has 2 rings (SSSR count). The highest BCUT2D eigenvalue weighted by molar-refractivity contribution is 5.49. The van der Waals surface area contributed by atoms with Crippen molar-refractivity contribution in [1.29, 1.82) is 0 Å². The second-order valence-corrected chi connectivity index (χ2v) is 6.54. The van der Waals surface area contributed by atoms with Crippen LogP contribution in [-0.2, 0) is 5.41 Å². The van der Waals surface area contributed by atoms with E-state index < -0.39 is 0 Å². The summed E-state index contributed by atoms with van der Waals surface area (Å²) in [6.07, 6.45) is 2.73. The fourth-order valence-corrected chi connectivity index (χ4v) is 2.02. The highest BCUT2D eigenvalue weighted by Crippen LogP contribution is 2.31. The molecule has 0 spiro atoms. The molecule has 0 radical (unpaired) electrons. The molecule has 0 unspecified atom stereocenters. The van der Waals surface area contributed by atoms with Crippen molar-refractivity contribution in [2.75, 3.05) is 30.4 Å². The molecule has 1 saturated carbocycles. The molecule has 4 heteroatoms. The Labute approximate surface area is 116 Å². The zero-order chi connectivity index (χ0) is 14.0. The first-order chi connectivity index (χ1) is 8.90. The van der Waals surface area contributed by atoms with Gasteiger partial charge in [0.15, 0.2) is 0 Å². The van der Waals surface area contributed by atoms with Crippen LogP contribution in [0.1, 0.15) is 46.4 Å². The van der Waals surface area contributed by atoms with Crippen LogP contribution in [-0.4, -0.2) is 30.1 Å². The number of aromatic nitrogens is 2. The van der Waals surface area contributed by atoms with Crippen molar-refractivity contribution in [3.63, 3.8) is 0 Å². The van der Waals surface area contributed by atoms with E-state index in [1.165, 1.54) is 12.8 Å². The third-order valence-electron chi connectivity index (χ3n) is 3.36. The van der Waals surface area contributed by atoms with E-state index in [0.29, 0.717) is 0 Å². The maximum absolute atomic E-state index is 4.74. The first-order valence-corrected chi connectivity index (χ1v) is 7.24. The lowest BCUT2D eigenvalue weighted by atomic mass is 9.96. The molecule has 0 aliphatic heterocycles. The first kappa shape index (κ1) is 14.1. The van der Waals surface area contributed by atoms with Gasteiger partial charge in [-0.3, -0.25) is 0 Å². The van der Waals surface area contributed by atoms with Crippen LogP contribution in [0.5, 0.6) is 0 Å². The minimum atomic E-state index is -0.0272. The summed E-state index contributed by atoms with van der Waals surface area (Å²) in [5, 5.41) is 3.31. The van der Waals surface area contributed by atoms with Gasteiger partial charge in [-0.25, -0.2) is 9.97 Å². The zero-order valence-electron chi connectivity index (χ0n) is 12.8. The molecule has 0 aromatic carbocycles. The summed E-state index contributed by atoms with van der Waals surface area (Å²) in [5.74, 6) is 3.73. The standard InChI is InChI=1S/C15H26N4/c1-6-16-12-9-13(19(5)10-11-7-8-11)18-14(17-12)15(2,3)4/h9,11H,6-8,10H2,1-5H3,(H,16,17,18). The van der Waals surface area contributed by atoms with Crippen LogP contribution in [0, 0.1) is 5.92 Å². The molecule has 1 aromatic heterocycles. The SMILES string of the molecule is CCNc1cc(N(C)CC2CC2)nc(C(C)(C)C)n1. The number of rotatable bonds is 5. The molecule has 1 aliphatic rings. The van der Waals surface area contributed by atoms with Crippen LogP contribution in [0.4, 0.5) is 11.6 Å². The molecule has 0 saturated heterocycles. The van der Waals surface area contributed by atoms with E-state index in [2.05, 4.69) is 56.0 Å². The molecule has 1 aromatic rings. The lowest BCUT2D eigenvalue weighted by Crippen LogP contribution is -2.24. The molecule has 1 fully saturated rings. The van der Waals surface area contributed by atoms with Gasteiger partial charge in [0.25, 0.3) is 0 Å². The summed E-state index contributed by atoms with van der Waals surface area (Å²) in [4.78, 5) is 11.6. The summed E-state index contributed by atoms with van der Waals surface area (Å²) in [7, 11) is 2.13. The lowest BCUT2D eigenvalue weighted by molar-refractivity contribution is 0.545. The topological polar surface area (TPSA) is 41.0 Å². The Hall–Kier alpha value is -1.32. The molecular formula is C15H26N4. The minimum Gasteiger partial charge on any atom is -0.370 e.